The molecule has 1 heterocycles. The molecule has 2 aromatic carbocycles. The molecule has 3 rings (SSSR count). The third kappa shape index (κ3) is 3.18. The quantitative estimate of drug-likeness (QED) is 0.274. The molecule has 1 aliphatic heterocycles. The van der Waals surface area contributed by atoms with Gasteiger partial charge in [-0.05, 0) is 6.07 Å². The van der Waals surface area contributed by atoms with Crippen LogP contribution in [0.1, 0.15) is 17.2 Å². The van der Waals surface area contributed by atoms with Crippen molar-refractivity contribution in [2.75, 3.05) is 13.2 Å². The van der Waals surface area contributed by atoms with Crippen molar-refractivity contribution in [1.82, 2.24) is 4.90 Å². The molecule has 0 bridgehead atoms. The number of amides is 1. The van der Waals surface area contributed by atoms with Crippen molar-refractivity contribution in [3.63, 3.8) is 0 Å². The van der Waals surface area contributed by atoms with Crippen LogP contribution in [0, 0.1) is 10.1 Å². The first-order valence-corrected chi connectivity index (χ1v) is 8.15. The molecule has 1 fully saturated rings. The fraction of sp³-hybridized carbons (Fsp3) is 0.158. The molecule has 1 atom stereocenters. The van der Waals surface area contributed by atoms with Crippen molar-refractivity contribution in [1.29, 1.82) is 0 Å². The van der Waals surface area contributed by atoms with Crippen LogP contribution in [0.15, 0.2) is 60.2 Å². The Morgan fingerprint density at radius 2 is 1.70 bits per heavy atom. The Balaban J connectivity index is 2.27. The average Bonchev–Trinajstić information content (AvgIpc) is 2.93. The molecule has 0 radical (unpaired) electrons. The lowest BCUT2D eigenvalue weighted by molar-refractivity contribution is -0.385. The van der Waals surface area contributed by atoms with Gasteiger partial charge in [-0.15, -0.1) is 0 Å². The molecule has 2 aromatic rings. The Bertz CT molecular complexity index is 938. The van der Waals surface area contributed by atoms with E-state index in [9.17, 15) is 29.9 Å². The Morgan fingerprint density at radius 3 is 2.33 bits per heavy atom. The Morgan fingerprint density at radius 1 is 1.07 bits per heavy atom. The van der Waals surface area contributed by atoms with Crippen LogP contribution >= 0.6 is 0 Å². The van der Waals surface area contributed by atoms with E-state index in [1.807, 2.05) is 0 Å². The maximum Gasteiger partial charge on any atom is 0.295 e. The van der Waals surface area contributed by atoms with E-state index < -0.39 is 35.0 Å². The van der Waals surface area contributed by atoms with Crippen molar-refractivity contribution >= 4 is 23.1 Å². The number of nitro benzene ring substituents is 1. The molecule has 0 aromatic heterocycles. The molecule has 27 heavy (non-hydrogen) atoms. The minimum absolute atomic E-state index is 0.0904. The smallest absolute Gasteiger partial charge is 0.295 e. The first kappa shape index (κ1) is 18.3. The molecule has 8 nitrogen and oxygen atoms in total. The normalized spacial score (nSPS) is 18.7. The minimum Gasteiger partial charge on any atom is -0.507 e. The van der Waals surface area contributed by atoms with Crippen molar-refractivity contribution in [2.24, 2.45) is 0 Å². The highest BCUT2D eigenvalue weighted by molar-refractivity contribution is 6.46. The first-order valence-electron chi connectivity index (χ1n) is 8.15. The number of likely N-dealkylation sites (tertiary alicyclic amines) is 1. The summed E-state index contributed by atoms with van der Waals surface area (Å²) in [6.45, 7) is -0.637. The summed E-state index contributed by atoms with van der Waals surface area (Å²) in [5.74, 6) is -2.30. The van der Waals surface area contributed by atoms with Gasteiger partial charge in [-0.25, -0.2) is 0 Å². The highest BCUT2D eigenvalue weighted by Crippen LogP contribution is 2.42. The number of nitro groups is 1. The second-order valence-corrected chi connectivity index (χ2v) is 5.90. The lowest BCUT2D eigenvalue weighted by atomic mass is 9.94. The monoisotopic (exact) mass is 368 g/mol. The Labute approximate surface area is 154 Å². The highest BCUT2D eigenvalue weighted by atomic mass is 16.6. The number of benzene rings is 2. The summed E-state index contributed by atoms with van der Waals surface area (Å²) in [5.41, 5.74) is -0.129. The number of aliphatic hydroxyl groups excluding tert-OH is 2. The molecule has 1 unspecified atom stereocenters. The highest BCUT2D eigenvalue weighted by Gasteiger charge is 2.47. The van der Waals surface area contributed by atoms with Crippen LogP contribution < -0.4 is 0 Å². The van der Waals surface area contributed by atoms with Crippen molar-refractivity contribution in [3.05, 3.63) is 81.4 Å². The largest absolute Gasteiger partial charge is 0.507 e. The second-order valence-electron chi connectivity index (χ2n) is 5.90. The van der Waals surface area contributed by atoms with Gasteiger partial charge >= 0.3 is 0 Å². The van der Waals surface area contributed by atoms with Gasteiger partial charge in [-0.2, -0.15) is 0 Å². The van der Waals surface area contributed by atoms with Gasteiger partial charge in [0, 0.05) is 18.2 Å². The molecule has 1 aliphatic rings. The van der Waals surface area contributed by atoms with Gasteiger partial charge in [0.1, 0.15) is 5.76 Å². The van der Waals surface area contributed by atoms with Gasteiger partial charge in [0.2, 0.25) is 0 Å². The zero-order valence-electron chi connectivity index (χ0n) is 14.1. The van der Waals surface area contributed by atoms with Crippen LogP contribution in [0.25, 0.3) is 5.76 Å². The summed E-state index contributed by atoms with van der Waals surface area (Å²) in [6.07, 6.45) is 0. The number of hydrogen-bond acceptors (Lipinski definition) is 6. The van der Waals surface area contributed by atoms with Crippen LogP contribution in [0.3, 0.4) is 0 Å². The summed E-state index contributed by atoms with van der Waals surface area (Å²) >= 11 is 0. The summed E-state index contributed by atoms with van der Waals surface area (Å²) < 4.78 is 0. The van der Waals surface area contributed by atoms with Crippen molar-refractivity contribution in [2.45, 2.75) is 6.04 Å². The van der Waals surface area contributed by atoms with Crippen LogP contribution in [-0.2, 0) is 9.59 Å². The Hall–Kier alpha value is -3.52. The summed E-state index contributed by atoms with van der Waals surface area (Å²) in [6, 6.07) is 12.7. The van der Waals surface area contributed by atoms with Crippen LogP contribution in [0.2, 0.25) is 0 Å². The van der Waals surface area contributed by atoms with E-state index in [0.717, 1.165) is 4.90 Å². The molecule has 0 saturated carbocycles. The van der Waals surface area contributed by atoms with E-state index in [1.165, 1.54) is 18.2 Å². The number of rotatable bonds is 5. The third-order valence-corrected chi connectivity index (χ3v) is 4.36. The Kier molecular flexibility index (Phi) is 5.00. The zero-order chi connectivity index (χ0) is 19.6. The summed E-state index contributed by atoms with van der Waals surface area (Å²) in [7, 11) is 0. The molecular weight excluding hydrogens is 352 g/mol. The van der Waals surface area contributed by atoms with Gasteiger partial charge in [-0.1, -0.05) is 42.5 Å². The first-order chi connectivity index (χ1) is 13.0. The maximum absolute atomic E-state index is 12.6. The molecule has 1 saturated heterocycles. The standard InChI is InChI=1S/C19H16N2O6/c22-11-10-20-16(13-8-4-5-9-14(13)21(26)27)15(18(24)19(20)25)17(23)12-6-2-1-3-7-12/h1-9,16,22-23H,10-11H2/b17-15-. The molecule has 2 N–H and O–H groups in total. The van der Waals surface area contributed by atoms with Crippen LogP contribution in [-0.4, -0.2) is 44.9 Å². The van der Waals surface area contributed by atoms with Gasteiger partial charge in [0.25, 0.3) is 17.4 Å². The minimum atomic E-state index is -1.17. The van der Waals surface area contributed by atoms with Crippen LogP contribution in [0.4, 0.5) is 5.69 Å². The number of hydrogen-bond donors (Lipinski definition) is 2. The predicted octanol–water partition coefficient (Wildman–Crippen LogP) is 2.01. The van der Waals surface area contributed by atoms with Crippen molar-refractivity contribution < 1.29 is 24.7 Å². The fourth-order valence-corrected chi connectivity index (χ4v) is 3.18. The van der Waals surface area contributed by atoms with Crippen LogP contribution in [0.5, 0.6) is 0 Å². The lowest BCUT2D eigenvalue weighted by Gasteiger charge is -2.24. The topological polar surface area (TPSA) is 121 Å². The van der Waals surface area contributed by atoms with E-state index in [0.29, 0.717) is 5.56 Å². The second kappa shape index (κ2) is 7.38. The maximum atomic E-state index is 12.6. The average molecular weight is 368 g/mol. The number of ketones is 1. The molecule has 8 heteroatoms. The number of nitrogens with zero attached hydrogens (tertiary/aromatic N) is 2. The third-order valence-electron chi connectivity index (χ3n) is 4.36. The molecular formula is C19H16N2O6. The number of aliphatic hydroxyl groups is 2. The fourth-order valence-electron chi connectivity index (χ4n) is 3.18. The van der Waals surface area contributed by atoms with Crippen molar-refractivity contribution in [3.8, 4) is 0 Å². The molecule has 138 valence electrons. The lowest BCUT2D eigenvalue weighted by Crippen LogP contribution is -2.32. The molecule has 1 amide bonds. The van der Waals surface area contributed by atoms with Gasteiger partial charge in [-0.3, -0.25) is 19.7 Å². The zero-order valence-corrected chi connectivity index (χ0v) is 14.1. The number of β-amino-alcohol motifs (C(OH)–C–C–N with tert-alkyl or cyclic N) is 1. The number of Topliss-reactive ketones (excluding diaryl/α,β-unsaturated/α-hetero) is 1. The molecule has 0 spiro atoms. The number of para-hydroxylation sites is 1. The molecule has 0 aliphatic carbocycles. The van der Waals surface area contributed by atoms with E-state index in [4.69, 9.17) is 0 Å². The number of carbonyl (C=O) groups excluding carboxylic acids is 2. The van der Waals surface area contributed by atoms with Gasteiger partial charge < -0.3 is 15.1 Å². The van der Waals surface area contributed by atoms with Gasteiger partial charge in [0.15, 0.2) is 0 Å². The summed E-state index contributed by atoms with van der Waals surface area (Å²) in [5, 5.41) is 31.4. The van der Waals surface area contributed by atoms with E-state index >= 15 is 0 Å². The summed E-state index contributed by atoms with van der Waals surface area (Å²) in [4.78, 5) is 36.9. The number of carbonyl (C=O) groups is 2. The van der Waals surface area contributed by atoms with Gasteiger partial charge in [0.05, 0.1) is 28.7 Å². The SMILES string of the molecule is O=C1C(=O)N(CCO)C(c2ccccc2[N+](=O)[O-])/C1=C(/O)c1ccccc1. The van der Waals surface area contributed by atoms with E-state index in [2.05, 4.69) is 0 Å². The predicted molar refractivity (Wildman–Crippen MR) is 95.6 cm³/mol. The van der Waals surface area contributed by atoms with E-state index in [1.54, 1.807) is 36.4 Å². The van der Waals surface area contributed by atoms with E-state index in [-0.39, 0.29) is 23.4 Å².